The number of nitrogens with one attached hydrogen (secondary N) is 2. The van der Waals surface area contributed by atoms with E-state index in [4.69, 9.17) is 34.8 Å². The normalized spacial score (nSPS) is 11.0. The van der Waals surface area contributed by atoms with Gasteiger partial charge < -0.3 is 15.7 Å². The summed E-state index contributed by atoms with van der Waals surface area (Å²) >= 11 is 18.2. The van der Waals surface area contributed by atoms with E-state index in [0.717, 1.165) is 41.5 Å². The molecule has 0 fully saturated rings. The summed E-state index contributed by atoms with van der Waals surface area (Å²) in [5, 5.41) is 20.2. The molecule has 0 atom stereocenters. The molecule has 0 aromatic heterocycles. The summed E-state index contributed by atoms with van der Waals surface area (Å²) in [4.78, 5) is 0. The second-order valence-corrected chi connectivity index (χ2v) is 7.26. The molecular formula is C20H19Cl3N2O. The second-order valence-electron chi connectivity index (χ2n) is 6.03. The second kappa shape index (κ2) is 8.83. The lowest BCUT2D eigenvalue weighted by molar-refractivity contribution is 0.482. The van der Waals surface area contributed by atoms with Gasteiger partial charge in [0.05, 0.1) is 10.0 Å². The van der Waals surface area contributed by atoms with Crippen LogP contribution in [0.2, 0.25) is 15.1 Å². The summed E-state index contributed by atoms with van der Waals surface area (Å²) in [6.07, 6.45) is 0.916. The molecule has 0 saturated carbocycles. The maximum Gasteiger partial charge on any atom is 0.125 e. The number of phenols is 1. The van der Waals surface area contributed by atoms with E-state index in [1.165, 1.54) is 0 Å². The molecular weight excluding hydrogens is 391 g/mol. The van der Waals surface area contributed by atoms with E-state index >= 15 is 0 Å². The van der Waals surface area contributed by atoms with Crippen molar-refractivity contribution in [2.75, 3.05) is 18.4 Å². The molecule has 0 spiro atoms. The molecule has 0 radical (unpaired) electrons. The Morgan fingerprint density at radius 3 is 2.58 bits per heavy atom. The quantitative estimate of drug-likeness (QED) is 0.326. The van der Waals surface area contributed by atoms with Crippen LogP contribution >= 0.6 is 34.8 Å². The number of hydrogen-bond donors (Lipinski definition) is 3. The van der Waals surface area contributed by atoms with Gasteiger partial charge in [0.25, 0.3) is 0 Å². The number of benzene rings is 3. The standard InChI is InChI=1S/C20H19Cl3N2O/c21-15-8-14(20(23)18(22)10-15)12-24-6-3-7-25-16-9-13-4-1-2-5-17(13)19(26)11-16/h1-2,4-5,8-11,24-26H,3,6-7,12H2. The van der Waals surface area contributed by atoms with E-state index in [2.05, 4.69) is 10.6 Å². The first-order valence-corrected chi connectivity index (χ1v) is 9.48. The van der Waals surface area contributed by atoms with Crippen molar-refractivity contribution < 1.29 is 5.11 Å². The van der Waals surface area contributed by atoms with Gasteiger partial charge in [-0.3, -0.25) is 0 Å². The first-order valence-electron chi connectivity index (χ1n) is 8.34. The van der Waals surface area contributed by atoms with Crippen LogP contribution in [0.25, 0.3) is 10.8 Å². The number of anilines is 1. The molecule has 0 heterocycles. The van der Waals surface area contributed by atoms with Crippen LogP contribution in [0.1, 0.15) is 12.0 Å². The fourth-order valence-electron chi connectivity index (χ4n) is 2.80. The molecule has 3 N–H and O–H groups in total. The van der Waals surface area contributed by atoms with Gasteiger partial charge >= 0.3 is 0 Å². The summed E-state index contributed by atoms with van der Waals surface area (Å²) in [5.74, 6) is 0.288. The molecule has 3 aromatic carbocycles. The van der Waals surface area contributed by atoms with E-state index in [1.54, 1.807) is 12.1 Å². The van der Waals surface area contributed by atoms with Crippen molar-refractivity contribution in [3.63, 3.8) is 0 Å². The van der Waals surface area contributed by atoms with Gasteiger partial charge in [-0.05, 0) is 42.1 Å². The Labute approximate surface area is 167 Å². The Morgan fingerprint density at radius 2 is 1.73 bits per heavy atom. The van der Waals surface area contributed by atoms with E-state index in [0.29, 0.717) is 21.6 Å². The number of phenolic OH excluding ortho intramolecular Hbond substituents is 1. The average molecular weight is 410 g/mol. The van der Waals surface area contributed by atoms with Crippen LogP contribution in [0, 0.1) is 0 Å². The molecule has 3 aromatic rings. The van der Waals surface area contributed by atoms with Gasteiger partial charge in [0.15, 0.2) is 0 Å². The Hall–Kier alpha value is -1.65. The van der Waals surface area contributed by atoms with Crippen molar-refractivity contribution in [3.05, 3.63) is 69.2 Å². The zero-order chi connectivity index (χ0) is 18.5. The van der Waals surface area contributed by atoms with E-state index in [1.807, 2.05) is 36.4 Å². The SMILES string of the molecule is Oc1cc(NCCCNCc2cc(Cl)cc(Cl)c2Cl)cc2ccccc12. The average Bonchev–Trinajstić information content (AvgIpc) is 2.62. The largest absolute Gasteiger partial charge is 0.507 e. The minimum absolute atomic E-state index is 0.288. The highest BCUT2D eigenvalue weighted by Crippen LogP contribution is 2.30. The van der Waals surface area contributed by atoms with Crippen molar-refractivity contribution in [3.8, 4) is 5.75 Å². The predicted molar refractivity (Wildman–Crippen MR) is 112 cm³/mol. The van der Waals surface area contributed by atoms with Crippen LogP contribution in [0.15, 0.2) is 48.5 Å². The topological polar surface area (TPSA) is 44.3 Å². The molecule has 6 heteroatoms. The van der Waals surface area contributed by atoms with Crippen molar-refractivity contribution in [1.82, 2.24) is 5.32 Å². The molecule has 0 amide bonds. The number of halogens is 3. The Bertz CT molecular complexity index is 915. The highest BCUT2D eigenvalue weighted by Gasteiger charge is 2.06. The van der Waals surface area contributed by atoms with Gasteiger partial charge in [-0.1, -0.05) is 59.1 Å². The third-order valence-corrected chi connectivity index (χ3v) is 5.14. The van der Waals surface area contributed by atoms with Crippen molar-refractivity contribution in [1.29, 1.82) is 0 Å². The maximum absolute atomic E-state index is 10.1. The summed E-state index contributed by atoms with van der Waals surface area (Å²) in [7, 11) is 0. The molecule has 0 saturated heterocycles. The highest BCUT2D eigenvalue weighted by atomic mass is 35.5. The summed E-state index contributed by atoms with van der Waals surface area (Å²) in [6, 6.07) is 15.0. The minimum atomic E-state index is 0.288. The van der Waals surface area contributed by atoms with Crippen LogP contribution in [-0.4, -0.2) is 18.2 Å². The van der Waals surface area contributed by atoms with Crippen LogP contribution in [0.5, 0.6) is 5.75 Å². The molecule has 3 rings (SSSR count). The van der Waals surface area contributed by atoms with Gasteiger partial charge in [-0.15, -0.1) is 0 Å². The number of aromatic hydroxyl groups is 1. The maximum atomic E-state index is 10.1. The van der Waals surface area contributed by atoms with Gasteiger partial charge in [0.2, 0.25) is 0 Å². The van der Waals surface area contributed by atoms with E-state index in [9.17, 15) is 5.11 Å². The fraction of sp³-hybridized carbons (Fsp3) is 0.200. The van der Waals surface area contributed by atoms with Gasteiger partial charge in [-0.25, -0.2) is 0 Å². The monoisotopic (exact) mass is 408 g/mol. The zero-order valence-electron chi connectivity index (χ0n) is 14.0. The first kappa shape index (κ1) is 19.1. The summed E-state index contributed by atoms with van der Waals surface area (Å²) in [5.41, 5.74) is 1.79. The third kappa shape index (κ3) is 4.74. The smallest absolute Gasteiger partial charge is 0.125 e. The Morgan fingerprint density at radius 1 is 0.923 bits per heavy atom. The molecule has 3 nitrogen and oxygen atoms in total. The predicted octanol–water partition coefficient (Wildman–Crippen LogP) is 6.10. The molecule has 0 aliphatic rings. The number of rotatable bonds is 7. The van der Waals surface area contributed by atoms with E-state index < -0.39 is 0 Å². The van der Waals surface area contributed by atoms with Crippen molar-refractivity contribution >= 4 is 51.3 Å². The zero-order valence-corrected chi connectivity index (χ0v) is 16.3. The highest BCUT2D eigenvalue weighted by molar-refractivity contribution is 6.43. The lowest BCUT2D eigenvalue weighted by Crippen LogP contribution is -2.18. The molecule has 26 heavy (non-hydrogen) atoms. The molecule has 0 unspecified atom stereocenters. The molecule has 0 bridgehead atoms. The van der Waals surface area contributed by atoms with E-state index in [-0.39, 0.29) is 5.75 Å². The molecule has 136 valence electrons. The van der Waals surface area contributed by atoms with Crippen molar-refractivity contribution in [2.24, 2.45) is 0 Å². The Balaban J connectivity index is 1.46. The van der Waals surface area contributed by atoms with Crippen LogP contribution in [0.3, 0.4) is 0 Å². The summed E-state index contributed by atoms with van der Waals surface area (Å²) in [6.45, 7) is 2.21. The lowest BCUT2D eigenvalue weighted by Gasteiger charge is -2.11. The number of fused-ring (bicyclic) bond motifs is 1. The molecule has 0 aliphatic carbocycles. The fourth-order valence-corrected chi connectivity index (χ4v) is 3.51. The van der Waals surface area contributed by atoms with Crippen molar-refractivity contribution in [2.45, 2.75) is 13.0 Å². The van der Waals surface area contributed by atoms with Crippen LogP contribution in [-0.2, 0) is 6.54 Å². The number of hydrogen-bond acceptors (Lipinski definition) is 3. The minimum Gasteiger partial charge on any atom is -0.507 e. The van der Waals surface area contributed by atoms with Crippen LogP contribution in [0.4, 0.5) is 5.69 Å². The Kier molecular flexibility index (Phi) is 6.49. The van der Waals surface area contributed by atoms with Gasteiger partial charge in [0, 0.05) is 35.3 Å². The van der Waals surface area contributed by atoms with Crippen LogP contribution < -0.4 is 10.6 Å². The third-order valence-electron chi connectivity index (χ3n) is 4.08. The summed E-state index contributed by atoms with van der Waals surface area (Å²) < 4.78 is 0. The molecule has 0 aliphatic heterocycles. The lowest BCUT2D eigenvalue weighted by atomic mass is 10.1. The van der Waals surface area contributed by atoms with Gasteiger partial charge in [0.1, 0.15) is 5.75 Å². The first-order chi connectivity index (χ1) is 12.5. The van der Waals surface area contributed by atoms with Gasteiger partial charge in [-0.2, -0.15) is 0 Å².